The van der Waals surface area contributed by atoms with Gasteiger partial charge in [0.15, 0.2) is 0 Å². The molecule has 0 spiro atoms. The van der Waals surface area contributed by atoms with Gasteiger partial charge in [0.25, 0.3) is 0 Å². The zero-order valence-corrected chi connectivity index (χ0v) is 14.7. The first-order chi connectivity index (χ1) is 12.2. The maximum absolute atomic E-state index is 12.8. The fourth-order valence-electron chi connectivity index (χ4n) is 4.39. The van der Waals surface area contributed by atoms with Gasteiger partial charge in [0.1, 0.15) is 6.04 Å². The molecule has 7 nitrogen and oxygen atoms in total. The molecule has 1 aliphatic carbocycles. The van der Waals surface area contributed by atoms with Gasteiger partial charge < -0.3 is 9.80 Å². The Labute approximate surface area is 148 Å². The van der Waals surface area contributed by atoms with Crippen molar-refractivity contribution < 1.29 is 9.59 Å². The van der Waals surface area contributed by atoms with E-state index in [0.717, 1.165) is 23.6 Å². The van der Waals surface area contributed by atoms with Crippen LogP contribution in [-0.4, -0.2) is 58.0 Å². The van der Waals surface area contributed by atoms with Crippen molar-refractivity contribution >= 4 is 11.8 Å². The Morgan fingerprint density at radius 3 is 2.60 bits per heavy atom. The van der Waals surface area contributed by atoms with Crippen molar-refractivity contribution in [1.82, 2.24) is 25.3 Å². The minimum Gasteiger partial charge on any atom is -0.339 e. The highest BCUT2D eigenvalue weighted by atomic mass is 16.2. The molecule has 2 aliphatic heterocycles. The van der Waals surface area contributed by atoms with Crippen molar-refractivity contribution in [2.75, 3.05) is 26.2 Å². The topological polar surface area (TPSA) is 81.3 Å². The van der Waals surface area contributed by atoms with Gasteiger partial charge in [0.05, 0.1) is 11.9 Å². The Bertz CT molecular complexity index is 629. The fourth-order valence-corrected chi connectivity index (χ4v) is 4.39. The molecule has 1 saturated heterocycles. The number of aromatic amines is 1. The molecule has 2 amide bonds. The summed E-state index contributed by atoms with van der Waals surface area (Å²) in [6.45, 7) is 3.21. The van der Waals surface area contributed by atoms with E-state index in [0.29, 0.717) is 39.1 Å². The molecule has 0 radical (unpaired) electrons. The molecule has 1 aromatic heterocycles. The molecule has 0 bridgehead atoms. The van der Waals surface area contributed by atoms with Crippen LogP contribution in [0, 0.1) is 5.92 Å². The Morgan fingerprint density at radius 2 is 1.84 bits per heavy atom. The molecule has 1 aromatic rings. The number of hydrogen-bond donors (Lipinski definition) is 2. The molecule has 2 N–H and O–H groups in total. The van der Waals surface area contributed by atoms with Gasteiger partial charge in [-0.25, -0.2) is 0 Å². The third-order valence-corrected chi connectivity index (χ3v) is 5.98. The van der Waals surface area contributed by atoms with Gasteiger partial charge in [-0.15, -0.1) is 0 Å². The number of nitrogens with one attached hydrogen (secondary N) is 2. The van der Waals surface area contributed by atoms with E-state index >= 15 is 0 Å². The average Bonchev–Trinajstić information content (AvgIpc) is 3.36. The summed E-state index contributed by atoms with van der Waals surface area (Å²) in [5.74, 6) is 1.11. The Kier molecular flexibility index (Phi) is 4.74. The zero-order chi connectivity index (χ0) is 17.2. The first-order valence-electron chi connectivity index (χ1n) is 9.54. The number of hydrogen-bond acceptors (Lipinski definition) is 4. The number of piperazine rings is 1. The van der Waals surface area contributed by atoms with E-state index in [1.54, 1.807) is 6.20 Å². The van der Waals surface area contributed by atoms with Crippen LogP contribution in [0.1, 0.15) is 55.8 Å². The third kappa shape index (κ3) is 3.42. The summed E-state index contributed by atoms with van der Waals surface area (Å²) in [5, 5.41) is 10.2. The number of carbonyl (C=O) groups is 2. The van der Waals surface area contributed by atoms with Crippen molar-refractivity contribution in [2.45, 2.75) is 51.1 Å². The first kappa shape index (κ1) is 16.6. The van der Waals surface area contributed by atoms with E-state index in [-0.39, 0.29) is 17.9 Å². The summed E-state index contributed by atoms with van der Waals surface area (Å²) in [4.78, 5) is 29.0. The van der Waals surface area contributed by atoms with E-state index in [1.165, 1.54) is 25.7 Å². The number of rotatable bonds is 4. The Morgan fingerprint density at radius 1 is 1.12 bits per heavy atom. The molecule has 25 heavy (non-hydrogen) atoms. The zero-order valence-electron chi connectivity index (χ0n) is 14.7. The normalized spacial score (nSPS) is 23.9. The maximum atomic E-state index is 12.8. The SMILES string of the molecule is O=C(CCC1CCCC1)N1CCN(C(=O)C2NCc3[nH]ncc32)CC1. The van der Waals surface area contributed by atoms with Crippen LogP contribution in [0.5, 0.6) is 0 Å². The fraction of sp³-hybridized carbons (Fsp3) is 0.722. The lowest BCUT2D eigenvalue weighted by Crippen LogP contribution is -2.52. The highest BCUT2D eigenvalue weighted by Crippen LogP contribution is 2.29. The molecule has 3 heterocycles. The van der Waals surface area contributed by atoms with Crippen LogP contribution in [0.3, 0.4) is 0 Å². The minimum absolute atomic E-state index is 0.0956. The lowest BCUT2D eigenvalue weighted by Gasteiger charge is -2.36. The number of carbonyl (C=O) groups excluding carboxylic acids is 2. The first-order valence-corrected chi connectivity index (χ1v) is 9.54. The van der Waals surface area contributed by atoms with Crippen LogP contribution in [0.4, 0.5) is 0 Å². The molecule has 0 aromatic carbocycles. The summed E-state index contributed by atoms with van der Waals surface area (Å²) in [6.07, 6.45) is 8.68. The van der Waals surface area contributed by atoms with Gasteiger partial charge in [0, 0.05) is 44.7 Å². The highest BCUT2D eigenvalue weighted by Gasteiger charge is 2.34. The van der Waals surface area contributed by atoms with Gasteiger partial charge in [0.2, 0.25) is 11.8 Å². The van der Waals surface area contributed by atoms with Crippen molar-refractivity contribution in [3.8, 4) is 0 Å². The summed E-state index contributed by atoms with van der Waals surface area (Å²) < 4.78 is 0. The Hall–Kier alpha value is -1.89. The molecule has 4 rings (SSSR count). The monoisotopic (exact) mass is 345 g/mol. The lowest BCUT2D eigenvalue weighted by atomic mass is 10.0. The van der Waals surface area contributed by atoms with Crippen LogP contribution < -0.4 is 5.32 Å². The standard InChI is InChI=1S/C18H27N5O2/c24-16(6-5-13-3-1-2-4-13)22-7-9-23(10-8-22)18(25)17-14-11-20-21-15(14)12-19-17/h11,13,17,19H,1-10,12H2,(H,20,21). The van der Waals surface area contributed by atoms with E-state index in [4.69, 9.17) is 0 Å². The van der Waals surface area contributed by atoms with Crippen LogP contribution in [0.25, 0.3) is 0 Å². The number of amides is 2. The molecule has 136 valence electrons. The highest BCUT2D eigenvalue weighted by molar-refractivity contribution is 5.84. The van der Waals surface area contributed by atoms with Crippen LogP contribution in [0.15, 0.2) is 6.20 Å². The third-order valence-electron chi connectivity index (χ3n) is 5.98. The van der Waals surface area contributed by atoms with Crippen molar-refractivity contribution in [3.63, 3.8) is 0 Å². The molecule has 1 atom stereocenters. The summed E-state index contributed by atoms with van der Waals surface area (Å²) >= 11 is 0. The summed E-state index contributed by atoms with van der Waals surface area (Å²) in [7, 11) is 0. The molecule has 3 aliphatic rings. The summed E-state index contributed by atoms with van der Waals surface area (Å²) in [5.41, 5.74) is 1.96. The van der Waals surface area contributed by atoms with Crippen LogP contribution in [0.2, 0.25) is 0 Å². The largest absolute Gasteiger partial charge is 0.339 e. The van der Waals surface area contributed by atoms with Crippen molar-refractivity contribution in [2.24, 2.45) is 5.92 Å². The number of H-pyrrole nitrogens is 1. The predicted molar refractivity (Wildman–Crippen MR) is 92.5 cm³/mol. The smallest absolute Gasteiger partial charge is 0.244 e. The number of fused-ring (bicyclic) bond motifs is 1. The number of aromatic nitrogens is 2. The second-order valence-electron chi connectivity index (χ2n) is 7.51. The molecule has 1 saturated carbocycles. The number of nitrogens with zero attached hydrogens (tertiary/aromatic N) is 3. The lowest BCUT2D eigenvalue weighted by molar-refractivity contribution is -0.141. The van der Waals surface area contributed by atoms with Gasteiger partial charge in [-0.05, 0) is 12.3 Å². The van der Waals surface area contributed by atoms with Crippen molar-refractivity contribution in [3.05, 3.63) is 17.5 Å². The predicted octanol–water partition coefficient (Wildman–Crippen LogP) is 1.20. The van der Waals surface area contributed by atoms with Crippen molar-refractivity contribution in [1.29, 1.82) is 0 Å². The second kappa shape index (κ2) is 7.15. The van der Waals surface area contributed by atoms with Gasteiger partial charge in [-0.1, -0.05) is 25.7 Å². The molecule has 1 unspecified atom stereocenters. The van der Waals surface area contributed by atoms with E-state index in [9.17, 15) is 9.59 Å². The van der Waals surface area contributed by atoms with Crippen LogP contribution in [-0.2, 0) is 16.1 Å². The quantitative estimate of drug-likeness (QED) is 0.859. The average molecular weight is 345 g/mol. The van der Waals surface area contributed by atoms with Gasteiger partial charge in [-0.3, -0.25) is 20.0 Å². The Balaban J connectivity index is 1.25. The second-order valence-corrected chi connectivity index (χ2v) is 7.51. The summed E-state index contributed by atoms with van der Waals surface area (Å²) in [6, 6.07) is -0.293. The molecular formula is C18H27N5O2. The van der Waals surface area contributed by atoms with E-state index in [1.807, 2.05) is 9.80 Å². The molecule has 7 heteroatoms. The van der Waals surface area contributed by atoms with Gasteiger partial charge in [-0.2, -0.15) is 5.10 Å². The minimum atomic E-state index is -0.293. The molecular weight excluding hydrogens is 318 g/mol. The van der Waals surface area contributed by atoms with E-state index in [2.05, 4.69) is 15.5 Å². The maximum Gasteiger partial charge on any atom is 0.244 e. The molecule has 2 fully saturated rings. The van der Waals surface area contributed by atoms with Gasteiger partial charge >= 0.3 is 0 Å². The van der Waals surface area contributed by atoms with E-state index < -0.39 is 0 Å². The van der Waals surface area contributed by atoms with Crippen LogP contribution >= 0.6 is 0 Å².